The highest BCUT2D eigenvalue weighted by atomic mass is 16.5. The highest BCUT2D eigenvalue weighted by molar-refractivity contribution is 5.27. The van der Waals surface area contributed by atoms with Crippen LogP contribution in [0.2, 0.25) is 0 Å². The summed E-state index contributed by atoms with van der Waals surface area (Å²) in [6.45, 7) is 5.42. The van der Waals surface area contributed by atoms with Gasteiger partial charge in [0, 0.05) is 18.3 Å². The van der Waals surface area contributed by atoms with Crippen LogP contribution in [0.1, 0.15) is 191 Å². The van der Waals surface area contributed by atoms with Crippen LogP contribution in [0.15, 0.2) is 36.7 Å². The van der Waals surface area contributed by atoms with Gasteiger partial charge in [-0.25, -0.2) is 9.97 Å². The predicted octanol–water partition coefficient (Wildman–Crippen LogP) is 12.8. The lowest BCUT2D eigenvalue weighted by Crippen LogP contribution is -2.20. The Morgan fingerprint density at radius 1 is 0.523 bits per heavy atom. The van der Waals surface area contributed by atoms with Gasteiger partial charge < -0.3 is 4.74 Å². The Morgan fingerprint density at radius 3 is 1.43 bits per heavy atom. The second kappa shape index (κ2) is 24.3. The molecule has 1 heterocycles. The maximum atomic E-state index is 6.22. The zero-order valence-electron chi connectivity index (χ0n) is 29.0. The van der Waals surface area contributed by atoms with Crippen molar-refractivity contribution >= 4 is 0 Å². The third-order valence-electron chi connectivity index (χ3n) is 9.98. The summed E-state index contributed by atoms with van der Waals surface area (Å²) in [5, 5.41) is 0. The van der Waals surface area contributed by atoms with E-state index in [9.17, 15) is 0 Å². The molecule has 0 saturated heterocycles. The van der Waals surface area contributed by atoms with Crippen molar-refractivity contribution in [2.45, 2.75) is 187 Å². The zero-order valence-corrected chi connectivity index (χ0v) is 29.0. The van der Waals surface area contributed by atoms with Crippen molar-refractivity contribution in [1.29, 1.82) is 0 Å². The van der Waals surface area contributed by atoms with E-state index in [4.69, 9.17) is 14.7 Å². The fraction of sp³-hybridized carbons (Fsp3) is 0.756. The molecule has 1 aromatic heterocycles. The fourth-order valence-corrected chi connectivity index (χ4v) is 6.89. The van der Waals surface area contributed by atoms with Gasteiger partial charge in [0.2, 0.25) is 0 Å². The Labute approximate surface area is 272 Å². The maximum Gasteiger partial charge on any atom is 0.131 e. The third-order valence-corrected chi connectivity index (χ3v) is 9.98. The van der Waals surface area contributed by atoms with Crippen LogP contribution in [-0.4, -0.2) is 16.6 Å². The van der Waals surface area contributed by atoms with Crippen LogP contribution in [0, 0.1) is 5.92 Å². The lowest BCUT2D eigenvalue weighted by Gasteiger charge is -2.27. The van der Waals surface area contributed by atoms with Crippen LogP contribution in [-0.2, 0) is 12.8 Å². The summed E-state index contributed by atoms with van der Waals surface area (Å²) in [5.41, 5.74) is 2.76. The van der Waals surface area contributed by atoms with Crippen LogP contribution >= 0.6 is 0 Å². The molecule has 1 aliphatic rings. The average molecular weight is 605 g/mol. The first-order valence-electron chi connectivity index (χ1n) is 19.3. The van der Waals surface area contributed by atoms with Gasteiger partial charge in [-0.05, 0) is 80.5 Å². The van der Waals surface area contributed by atoms with Gasteiger partial charge in [0.25, 0.3) is 0 Å². The van der Waals surface area contributed by atoms with Crippen molar-refractivity contribution in [2.75, 3.05) is 6.61 Å². The van der Waals surface area contributed by atoms with E-state index in [0.717, 1.165) is 24.6 Å². The van der Waals surface area contributed by atoms with Crippen LogP contribution in [0.5, 0.6) is 5.75 Å². The predicted molar refractivity (Wildman–Crippen MR) is 190 cm³/mol. The Balaban J connectivity index is 1.19. The largest absolute Gasteiger partial charge is 0.493 e. The van der Waals surface area contributed by atoms with Crippen LogP contribution < -0.4 is 4.74 Å². The molecular weight excluding hydrogens is 536 g/mol. The van der Waals surface area contributed by atoms with E-state index in [0.29, 0.717) is 11.8 Å². The molecule has 0 unspecified atom stereocenters. The molecule has 3 heteroatoms. The first-order chi connectivity index (χ1) is 21.8. The quantitative estimate of drug-likeness (QED) is 0.100. The van der Waals surface area contributed by atoms with Crippen LogP contribution in [0.3, 0.4) is 0 Å². The molecule has 0 radical (unpaired) electrons. The number of hydrogen-bond donors (Lipinski definition) is 0. The summed E-state index contributed by atoms with van der Waals surface area (Å²) in [4.78, 5) is 9.61. The van der Waals surface area contributed by atoms with Crippen LogP contribution in [0.4, 0.5) is 0 Å². The van der Waals surface area contributed by atoms with Crippen LogP contribution in [0.25, 0.3) is 0 Å². The van der Waals surface area contributed by atoms with Gasteiger partial charge in [0.05, 0.1) is 6.61 Å². The number of aryl methyl sites for hydroxylation is 2. The summed E-state index contributed by atoms with van der Waals surface area (Å²) < 4.78 is 6.22. The Bertz CT molecular complexity index is 917. The number of hydrogen-bond acceptors (Lipinski definition) is 3. The lowest BCUT2D eigenvalue weighted by atomic mass is 9.82. The van der Waals surface area contributed by atoms with Crippen molar-refractivity contribution in [3.05, 3.63) is 53.6 Å². The Kier molecular flexibility index (Phi) is 20.2. The number of benzene rings is 1. The molecule has 1 aliphatic carbocycles. The van der Waals surface area contributed by atoms with Crippen molar-refractivity contribution < 1.29 is 4.74 Å². The summed E-state index contributed by atoms with van der Waals surface area (Å²) in [6.07, 6.45) is 39.2. The van der Waals surface area contributed by atoms with Gasteiger partial charge >= 0.3 is 0 Å². The molecule has 0 bridgehead atoms. The van der Waals surface area contributed by atoms with Gasteiger partial charge in [-0.1, -0.05) is 142 Å². The van der Waals surface area contributed by atoms with Crippen molar-refractivity contribution in [2.24, 2.45) is 5.92 Å². The van der Waals surface area contributed by atoms with E-state index in [2.05, 4.69) is 50.5 Å². The zero-order chi connectivity index (χ0) is 30.9. The third kappa shape index (κ3) is 16.4. The van der Waals surface area contributed by atoms with E-state index < -0.39 is 0 Å². The summed E-state index contributed by atoms with van der Waals surface area (Å²) in [7, 11) is 0. The monoisotopic (exact) mass is 605 g/mol. The SMILES string of the molecule is CCCCCCCCCCCCc1ccc(OCC2CCC(c3ncc(CCCCCCCCCCCC)cn3)CC2)cc1. The van der Waals surface area contributed by atoms with E-state index in [1.54, 1.807) is 0 Å². The van der Waals surface area contributed by atoms with Gasteiger partial charge in [-0.15, -0.1) is 0 Å². The van der Waals surface area contributed by atoms with Crippen molar-refractivity contribution in [3.63, 3.8) is 0 Å². The summed E-state index contributed by atoms with van der Waals surface area (Å²) >= 11 is 0. The molecule has 0 spiro atoms. The normalized spacial score (nSPS) is 16.8. The van der Waals surface area contributed by atoms with Gasteiger partial charge in [0.15, 0.2) is 0 Å². The van der Waals surface area contributed by atoms with Gasteiger partial charge in [-0.2, -0.15) is 0 Å². The summed E-state index contributed by atoms with van der Waals surface area (Å²) in [6, 6.07) is 8.92. The standard InChI is InChI=1S/C41H68N2O/c1-3-5-7-9-11-13-15-17-19-21-23-36-27-31-40(32-28-36)44-35-37-25-29-39(30-26-37)41-42-33-38(34-43-41)24-22-20-18-16-14-12-10-8-6-4-2/h27-28,31-34,37,39H,3-26,29-30,35H2,1-2H3. The molecule has 2 aromatic rings. The van der Waals surface area contributed by atoms with E-state index in [1.807, 2.05) is 0 Å². The number of unbranched alkanes of at least 4 members (excludes halogenated alkanes) is 18. The minimum absolute atomic E-state index is 0.516. The number of nitrogens with zero attached hydrogens (tertiary/aromatic N) is 2. The molecule has 0 atom stereocenters. The molecule has 1 aromatic carbocycles. The molecule has 248 valence electrons. The molecule has 0 aliphatic heterocycles. The fourth-order valence-electron chi connectivity index (χ4n) is 6.89. The second-order valence-corrected chi connectivity index (χ2v) is 14.0. The van der Waals surface area contributed by atoms with Crippen molar-refractivity contribution in [3.8, 4) is 5.75 Å². The highest BCUT2D eigenvalue weighted by Crippen LogP contribution is 2.34. The number of aromatic nitrogens is 2. The molecule has 44 heavy (non-hydrogen) atoms. The Morgan fingerprint density at radius 2 is 0.955 bits per heavy atom. The van der Waals surface area contributed by atoms with Gasteiger partial charge in [0.1, 0.15) is 11.6 Å². The first-order valence-corrected chi connectivity index (χ1v) is 19.3. The smallest absolute Gasteiger partial charge is 0.131 e. The first kappa shape index (κ1) is 36.6. The minimum atomic E-state index is 0.516. The van der Waals surface area contributed by atoms with E-state index in [-0.39, 0.29) is 0 Å². The lowest BCUT2D eigenvalue weighted by molar-refractivity contribution is 0.198. The van der Waals surface area contributed by atoms with E-state index >= 15 is 0 Å². The molecule has 1 fully saturated rings. The molecule has 1 saturated carbocycles. The topological polar surface area (TPSA) is 35.0 Å². The second-order valence-electron chi connectivity index (χ2n) is 14.0. The number of ether oxygens (including phenoxy) is 1. The van der Waals surface area contributed by atoms with E-state index in [1.165, 1.54) is 172 Å². The summed E-state index contributed by atoms with van der Waals surface area (Å²) in [5.74, 6) is 3.25. The Hall–Kier alpha value is -1.90. The molecular formula is C41H68N2O. The molecule has 0 N–H and O–H groups in total. The molecule has 3 nitrogen and oxygen atoms in total. The molecule has 0 amide bonds. The molecule has 3 rings (SSSR count). The number of rotatable bonds is 26. The minimum Gasteiger partial charge on any atom is -0.493 e. The van der Waals surface area contributed by atoms with Crippen molar-refractivity contribution in [1.82, 2.24) is 9.97 Å². The highest BCUT2D eigenvalue weighted by Gasteiger charge is 2.24. The van der Waals surface area contributed by atoms with Gasteiger partial charge in [-0.3, -0.25) is 0 Å². The maximum absolute atomic E-state index is 6.22. The average Bonchev–Trinajstić information content (AvgIpc) is 3.06.